The fourth-order valence-electron chi connectivity index (χ4n) is 0.365. The number of nitrogens with zero attached hydrogens (tertiary/aromatic N) is 1. The maximum absolute atomic E-state index is 2.26. The summed E-state index contributed by atoms with van der Waals surface area (Å²) in [5.74, 6) is 0. The zero-order valence-corrected chi connectivity index (χ0v) is 8.96. The second kappa shape index (κ2) is 5.60. The normalized spacial score (nSPS) is 13.5. The Labute approximate surface area is 61.3 Å². The molecule has 0 N–H and O–H groups in total. The topological polar surface area (TPSA) is 3.24 Å². The molecule has 0 bridgehead atoms. The van der Waals surface area contributed by atoms with Crippen molar-refractivity contribution in [2.75, 3.05) is 14.1 Å². The van der Waals surface area contributed by atoms with Crippen LogP contribution in [-0.2, 0) is 0 Å². The van der Waals surface area contributed by atoms with Crippen molar-refractivity contribution < 1.29 is 0 Å². The van der Waals surface area contributed by atoms with Crippen molar-refractivity contribution in [3.63, 3.8) is 0 Å². The molecule has 0 fully saturated rings. The van der Waals surface area contributed by atoms with Crippen LogP contribution < -0.4 is 0 Å². The summed E-state index contributed by atoms with van der Waals surface area (Å²) >= 11 is 0. The van der Waals surface area contributed by atoms with Gasteiger partial charge in [-0.3, -0.25) is 0 Å². The summed E-state index contributed by atoms with van der Waals surface area (Å²) in [6.07, 6.45) is 0. The van der Waals surface area contributed by atoms with Gasteiger partial charge in [0.05, 0.1) is 0 Å². The molecule has 0 aliphatic carbocycles. The molecule has 3 heteroatoms. The molecule has 0 aliphatic rings. The highest BCUT2D eigenvalue weighted by molar-refractivity contribution is 6.08. The van der Waals surface area contributed by atoms with Crippen LogP contribution in [0.15, 0.2) is 0 Å². The smallest absolute Gasteiger partial charge is 0.00476 e. The largest absolute Gasteiger partial charge is 0.307 e. The van der Waals surface area contributed by atoms with Gasteiger partial charge in [-0.2, -0.15) is 0 Å². The molecule has 0 aromatic heterocycles. The van der Waals surface area contributed by atoms with Gasteiger partial charge in [-0.15, -0.1) is 12.4 Å². The van der Waals surface area contributed by atoms with Gasteiger partial charge in [0.1, 0.15) is 0 Å². The lowest BCUT2D eigenvalue weighted by atomic mass is 10.4. The second-order valence-electron chi connectivity index (χ2n) is 2.22. The molecule has 0 amide bonds. The van der Waals surface area contributed by atoms with Gasteiger partial charge in [-0.1, -0.05) is 6.04 Å². The molecular formula is C5H16ClNSi. The average Bonchev–Trinajstić information content (AvgIpc) is 1.65. The third kappa shape index (κ3) is 4.62. The van der Waals surface area contributed by atoms with Gasteiger partial charge in [-0.05, 0) is 21.0 Å². The highest BCUT2D eigenvalue weighted by Crippen LogP contribution is 1.92. The Morgan fingerprint density at radius 1 is 1.50 bits per heavy atom. The number of halogens is 1. The van der Waals surface area contributed by atoms with E-state index in [2.05, 4.69) is 25.9 Å². The molecule has 8 heavy (non-hydrogen) atoms. The molecule has 0 heterocycles. The van der Waals surface area contributed by atoms with Crippen LogP contribution >= 0.6 is 12.4 Å². The van der Waals surface area contributed by atoms with Crippen molar-refractivity contribution in [2.45, 2.75) is 19.0 Å². The Bertz CT molecular complexity index is 49.7. The SMILES string of the molecule is CC(C[SiH3])N(C)C.Cl. The third-order valence-corrected chi connectivity index (χ3v) is 2.65. The standard InChI is InChI=1S/C5H15NSi.ClH/c1-5(4-7)6(2)3;/h5H,4H2,1-3,7H3;1H. The predicted octanol–water partition coefficient (Wildman–Crippen LogP) is 0.142. The van der Waals surface area contributed by atoms with Gasteiger partial charge in [0.25, 0.3) is 0 Å². The maximum atomic E-state index is 2.26. The van der Waals surface area contributed by atoms with Crippen molar-refractivity contribution in [3.05, 3.63) is 0 Å². The molecule has 0 saturated carbocycles. The van der Waals surface area contributed by atoms with Gasteiger partial charge in [0.2, 0.25) is 0 Å². The van der Waals surface area contributed by atoms with Crippen LogP contribution in [0.2, 0.25) is 6.04 Å². The molecule has 1 nitrogen and oxygen atoms in total. The minimum absolute atomic E-state index is 0. The number of hydrogen-bond acceptors (Lipinski definition) is 1. The van der Waals surface area contributed by atoms with Gasteiger partial charge in [0.15, 0.2) is 0 Å². The van der Waals surface area contributed by atoms with Crippen LogP contribution in [0.3, 0.4) is 0 Å². The third-order valence-electron chi connectivity index (χ3n) is 1.47. The van der Waals surface area contributed by atoms with E-state index in [1.807, 2.05) is 0 Å². The lowest BCUT2D eigenvalue weighted by molar-refractivity contribution is 0.335. The van der Waals surface area contributed by atoms with Crippen LogP contribution in [0.25, 0.3) is 0 Å². The van der Waals surface area contributed by atoms with Gasteiger partial charge in [0, 0.05) is 16.3 Å². The summed E-state index contributed by atoms with van der Waals surface area (Å²) in [6.45, 7) is 2.26. The Balaban J connectivity index is 0. The molecule has 0 aliphatic heterocycles. The molecule has 52 valence electrons. The molecule has 0 saturated heterocycles. The lowest BCUT2D eigenvalue weighted by Crippen LogP contribution is -2.23. The predicted molar refractivity (Wildman–Crippen MR) is 45.1 cm³/mol. The van der Waals surface area contributed by atoms with E-state index in [9.17, 15) is 0 Å². The van der Waals surface area contributed by atoms with E-state index >= 15 is 0 Å². The monoisotopic (exact) mass is 153 g/mol. The highest BCUT2D eigenvalue weighted by atomic mass is 35.5. The van der Waals surface area contributed by atoms with Crippen LogP contribution in [0.5, 0.6) is 0 Å². The van der Waals surface area contributed by atoms with Gasteiger partial charge < -0.3 is 4.90 Å². The Hall–Kier alpha value is 0.467. The summed E-state index contributed by atoms with van der Waals surface area (Å²) < 4.78 is 0. The highest BCUT2D eigenvalue weighted by Gasteiger charge is 1.96. The Kier molecular flexibility index (Phi) is 7.90. The van der Waals surface area contributed by atoms with Crippen molar-refractivity contribution in [2.24, 2.45) is 0 Å². The Morgan fingerprint density at radius 2 is 1.88 bits per heavy atom. The second-order valence-corrected chi connectivity index (χ2v) is 3.04. The summed E-state index contributed by atoms with van der Waals surface area (Å²) in [6, 6.07) is 2.18. The molecule has 0 spiro atoms. The molecule has 1 unspecified atom stereocenters. The first-order valence-electron chi connectivity index (χ1n) is 2.85. The average molecular weight is 154 g/mol. The summed E-state index contributed by atoms with van der Waals surface area (Å²) in [5, 5.41) is 0. The molecule has 0 rings (SSSR count). The van der Waals surface area contributed by atoms with E-state index < -0.39 is 0 Å². The van der Waals surface area contributed by atoms with E-state index in [1.54, 1.807) is 0 Å². The first kappa shape index (κ1) is 11.3. The molecule has 0 aromatic carbocycles. The Morgan fingerprint density at radius 3 is 1.88 bits per heavy atom. The quantitative estimate of drug-likeness (QED) is 0.511. The summed E-state index contributed by atoms with van der Waals surface area (Å²) in [5.41, 5.74) is 0. The maximum Gasteiger partial charge on any atom is 0.00476 e. The van der Waals surface area contributed by atoms with E-state index in [0.717, 1.165) is 6.04 Å². The van der Waals surface area contributed by atoms with E-state index in [4.69, 9.17) is 0 Å². The first-order chi connectivity index (χ1) is 3.18. The van der Waals surface area contributed by atoms with E-state index in [1.165, 1.54) is 16.3 Å². The fourth-order valence-corrected chi connectivity index (χ4v) is 1.10. The van der Waals surface area contributed by atoms with Crippen LogP contribution in [0, 0.1) is 0 Å². The summed E-state index contributed by atoms with van der Waals surface area (Å²) in [7, 11) is 5.58. The van der Waals surface area contributed by atoms with Crippen molar-refractivity contribution in [3.8, 4) is 0 Å². The molecule has 0 radical (unpaired) electrons. The van der Waals surface area contributed by atoms with Crippen molar-refractivity contribution in [1.82, 2.24) is 4.90 Å². The zero-order chi connectivity index (χ0) is 5.86. The van der Waals surface area contributed by atoms with Crippen molar-refractivity contribution in [1.29, 1.82) is 0 Å². The van der Waals surface area contributed by atoms with E-state index in [0.29, 0.717) is 0 Å². The number of rotatable bonds is 2. The molecular weight excluding hydrogens is 138 g/mol. The zero-order valence-electron chi connectivity index (χ0n) is 6.14. The summed E-state index contributed by atoms with van der Waals surface area (Å²) in [4.78, 5) is 2.26. The first-order valence-corrected chi connectivity index (χ1v) is 4.26. The number of hydrogen-bond donors (Lipinski definition) is 0. The molecule has 1 atom stereocenters. The van der Waals surface area contributed by atoms with Crippen LogP contribution in [0.4, 0.5) is 0 Å². The minimum Gasteiger partial charge on any atom is -0.307 e. The van der Waals surface area contributed by atoms with Gasteiger partial charge in [-0.25, -0.2) is 0 Å². The lowest BCUT2D eigenvalue weighted by Gasteiger charge is -2.16. The van der Waals surface area contributed by atoms with Crippen LogP contribution in [0.1, 0.15) is 6.92 Å². The van der Waals surface area contributed by atoms with Crippen molar-refractivity contribution >= 4 is 22.6 Å². The molecule has 0 aromatic rings. The fraction of sp³-hybridized carbons (Fsp3) is 1.00. The van der Waals surface area contributed by atoms with Gasteiger partial charge >= 0.3 is 0 Å². The minimum atomic E-state index is 0. The van der Waals surface area contributed by atoms with Crippen LogP contribution in [-0.4, -0.2) is 35.3 Å². The van der Waals surface area contributed by atoms with E-state index in [-0.39, 0.29) is 12.4 Å².